The molecule has 0 saturated carbocycles. The van der Waals surface area contributed by atoms with Crippen LogP contribution in [0.3, 0.4) is 0 Å². The maximum atomic E-state index is 13.5. The smallest absolute Gasteiger partial charge is 0.220 e. The second-order valence-corrected chi connectivity index (χ2v) is 32.1. The highest BCUT2D eigenvalue weighted by molar-refractivity contribution is 5.76. The first-order chi connectivity index (χ1) is 51.3. The lowest BCUT2D eigenvalue weighted by Crippen LogP contribution is -2.66. The first-order valence-electron chi connectivity index (χ1n) is 44.4. The molecule has 0 aromatic heterocycles. The zero-order chi connectivity index (χ0) is 76.0. The number of hydrogen-bond donors (Lipinski definition) is 12. The zero-order valence-electron chi connectivity index (χ0n) is 67.0. The van der Waals surface area contributed by atoms with Crippen molar-refractivity contribution in [3.05, 3.63) is 12.2 Å². The lowest BCUT2D eigenvalue weighted by atomic mass is 9.96. The Bertz CT molecular complexity index is 1940. The average Bonchev–Trinajstić information content (AvgIpc) is 0.779. The van der Waals surface area contributed by atoms with E-state index in [9.17, 15) is 61.0 Å². The third kappa shape index (κ3) is 46.3. The number of rotatable bonds is 73. The standard InChI is InChI=1S/C86H165NO18/c1-3-5-7-9-11-13-15-17-19-21-23-25-27-28-29-30-31-32-33-34-35-36-37-38-39-40-42-44-46-48-50-52-54-56-58-60-62-64-74(92)87-69(70(91)63-61-59-57-55-53-51-49-47-45-43-41-26-24-22-20-18-16-14-12-10-8-6-4-2)68-100-84-80(98)77(95)82(72(66-89)102-84)105-86-81(99)78(96)83(73(67-90)103-86)104-85-79(97)76(94)75(93)71(65-88)101-85/h21,23,69-73,75-86,88-91,93-99H,3-20,22,24-68H2,1-2H3,(H,87,92)/b23-21-. The fourth-order valence-electron chi connectivity index (χ4n) is 15.5. The number of hydrogen-bond acceptors (Lipinski definition) is 18. The Kier molecular flexibility index (Phi) is 62.4. The van der Waals surface area contributed by atoms with Crippen LogP contribution in [0, 0.1) is 0 Å². The number of nitrogens with one attached hydrogen (secondary N) is 1. The van der Waals surface area contributed by atoms with E-state index in [4.69, 9.17) is 28.4 Å². The van der Waals surface area contributed by atoms with Gasteiger partial charge in [-0.3, -0.25) is 4.79 Å². The highest BCUT2D eigenvalue weighted by Gasteiger charge is 2.54. The molecule has 3 fully saturated rings. The summed E-state index contributed by atoms with van der Waals surface area (Å²) < 4.78 is 34.6. The van der Waals surface area contributed by atoms with E-state index < -0.39 is 124 Å². The molecule has 3 aliphatic heterocycles. The topological polar surface area (TPSA) is 307 Å². The summed E-state index contributed by atoms with van der Waals surface area (Å²) in [5, 5.41) is 121. The van der Waals surface area contributed by atoms with E-state index in [2.05, 4.69) is 31.3 Å². The monoisotopic (exact) mass is 1500 g/mol. The van der Waals surface area contributed by atoms with Crippen molar-refractivity contribution < 1.29 is 89.4 Å². The molecule has 19 nitrogen and oxygen atoms in total. The number of aliphatic hydroxyl groups excluding tert-OH is 11. The maximum Gasteiger partial charge on any atom is 0.220 e. The second kappa shape index (κ2) is 67.1. The number of ether oxygens (including phenoxy) is 6. The van der Waals surface area contributed by atoms with Gasteiger partial charge in [-0.2, -0.15) is 0 Å². The highest BCUT2D eigenvalue weighted by Crippen LogP contribution is 2.34. The van der Waals surface area contributed by atoms with E-state index in [1.807, 2.05) is 0 Å². The van der Waals surface area contributed by atoms with Gasteiger partial charge in [0.1, 0.15) is 73.2 Å². The Morgan fingerprint density at radius 1 is 0.333 bits per heavy atom. The molecule has 1 amide bonds. The molecule has 0 spiro atoms. The van der Waals surface area contributed by atoms with Gasteiger partial charge in [-0.15, -0.1) is 0 Å². The van der Waals surface area contributed by atoms with Crippen LogP contribution in [-0.2, 0) is 33.2 Å². The van der Waals surface area contributed by atoms with E-state index in [0.717, 1.165) is 44.9 Å². The van der Waals surface area contributed by atoms with Crippen LogP contribution in [0.1, 0.15) is 399 Å². The SMILES string of the molecule is CCCCCCCCCC/C=C\CCCCCCCCCCCCCCCCCCCCCCCCCCCC(=O)NC(COC1OC(CO)C(OC2OC(CO)C(OC3OC(CO)C(O)C(O)C3O)C(O)C2O)C(O)C1O)C(O)CCCCCCCCCCCCCCCCCCCCCCCCC. The van der Waals surface area contributed by atoms with Gasteiger partial charge in [0.2, 0.25) is 5.91 Å². The van der Waals surface area contributed by atoms with Gasteiger partial charge >= 0.3 is 0 Å². The Balaban J connectivity index is 1.30. The summed E-state index contributed by atoms with van der Waals surface area (Å²) in [5.41, 5.74) is 0. The maximum absolute atomic E-state index is 13.5. The minimum absolute atomic E-state index is 0.232. The summed E-state index contributed by atoms with van der Waals surface area (Å²) in [4.78, 5) is 13.5. The molecule has 622 valence electrons. The molecule has 0 aromatic carbocycles. The van der Waals surface area contributed by atoms with E-state index in [-0.39, 0.29) is 18.9 Å². The van der Waals surface area contributed by atoms with Gasteiger partial charge in [0.25, 0.3) is 0 Å². The summed E-state index contributed by atoms with van der Waals surface area (Å²) in [6, 6.07) is -0.885. The molecule has 0 radical (unpaired) electrons. The Morgan fingerprint density at radius 3 is 0.924 bits per heavy atom. The molecule has 3 aliphatic rings. The van der Waals surface area contributed by atoms with Crippen molar-refractivity contribution >= 4 is 5.91 Å². The van der Waals surface area contributed by atoms with Gasteiger partial charge < -0.3 is 89.9 Å². The van der Waals surface area contributed by atoms with Crippen molar-refractivity contribution in [1.29, 1.82) is 0 Å². The summed E-state index contributed by atoms with van der Waals surface area (Å²) in [7, 11) is 0. The number of carbonyl (C=O) groups excluding carboxylic acids is 1. The molecule has 19 heteroatoms. The summed E-state index contributed by atoms with van der Waals surface area (Å²) >= 11 is 0. The largest absolute Gasteiger partial charge is 0.394 e. The molecule has 3 saturated heterocycles. The van der Waals surface area contributed by atoms with Crippen molar-refractivity contribution in [1.82, 2.24) is 5.32 Å². The van der Waals surface area contributed by atoms with Crippen molar-refractivity contribution in [2.75, 3.05) is 26.4 Å². The van der Waals surface area contributed by atoms with Crippen molar-refractivity contribution in [2.24, 2.45) is 0 Å². The van der Waals surface area contributed by atoms with Crippen LogP contribution in [0.2, 0.25) is 0 Å². The van der Waals surface area contributed by atoms with E-state index in [0.29, 0.717) is 12.8 Å². The van der Waals surface area contributed by atoms with Gasteiger partial charge in [0, 0.05) is 6.42 Å². The molecule has 3 rings (SSSR count). The van der Waals surface area contributed by atoms with Crippen LogP contribution >= 0.6 is 0 Å². The first kappa shape index (κ1) is 97.7. The molecule has 3 heterocycles. The van der Waals surface area contributed by atoms with Crippen LogP contribution in [0.5, 0.6) is 0 Å². The van der Waals surface area contributed by atoms with Gasteiger partial charge in [0.15, 0.2) is 18.9 Å². The average molecular weight is 1500 g/mol. The zero-order valence-corrected chi connectivity index (χ0v) is 67.0. The van der Waals surface area contributed by atoms with Gasteiger partial charge in [-0.25, -0.2) is 0 Å². The van der Waals surface area contributed by atoms with Crippen molar-refractivity contribution in [3.8, 4) is 0 Å². The van der Waals surface area contributed by atoms with Crippen LogP contribution < -0.4 is 5.32 Å². The molecule has 17 unspecified atom stereocenters. The summed E-state index contributed by atoms with van der Waals surface area (Å²) in [6.07, 6.45) is 54.7. The van der Waals surface area contributed by atoms with Crippen molar-refractivity contribution in [2.45, 2.75) is 503 Å². The van der Waals surface area contributed by atoms with Gasteiger partial charge in [-0.1, -0.05) is 366 Å². The summed E-state index contributed by atoms with van der Waals surface area (Å²) in [5.74, 6) is -0.232. The predicted octanol–water partition coefficient (Wildman–Crippen LogP) is 16.3. The quantitative estimate of drug-likeness (QED) is 0.0199. The van der Waals surface area contributed by atoms with Gasteiger partial charge in [0.05, 0.1) is 38.6 Å². The Hall–Kier alpha value is -1.47. The van der Waals surface area contributed by atoms with Crippen LogP contribution in [0.25, 0.3) is 0 Å². The second-order valence-electron chi connectivity index (χ2n) is 32.1. The minimum Gasteiger partial charge on any atom is -0.394 e. The fourth-order valence-corrected chi connectivity index (χ4v) is 15.5. The highest BCUT2D eigenvalue weighted by atomic mass is 16.8. The Labute approximate surface area is 639 Å². The van der Waals surface area contributed by atoms with Crippen LogP contribution in [0.15, 0.2) is 12.2 Å². The third-order valence-corrected chi connectivity index (χ3v) is 22.6. The number of carbonyl (C=O) groups is 1. The number of allylic oxidation sites excluding steroid dienone is 2. The van der Waals surface area contributed by atoms with Crippen molar-refractivity contribution in [3.63, 3.8) is 0 Å². The van der Waals surface area contributed by atoms with E-state index >= 15 is 0 Å². The molecule has 0 aromatic rings. The first-order valence-corrected chi connectivity index (χ1v) is 44.4. The normalized spacial score (nSPS) is 25.7. The summed E-state index contributed by atoms with van der Waals surface area (Å²) in [6.45, 7) is 1.88. The Morgan fingerprint density at radius 2 is 0.600 bits per heavy atom. The lowest BCUT2D eigenvalue weighted by molar-refractivity contribution is -0.379. The predicted molar refractivity (Wildman–Crippen MR) is 420 cm³/mol. The van der Waals surface area contributed by atoms with Crippen LogP contribution in [-0.4, -0.2) is 193 Å². The van der Waals surface area contributed by atoms with E-state index in [1.54, 1.807) is 0 Å². The third-order valence-electron chi connectivity index (χ3n) is 22.6. The lowest BCUT2D eigenvalue weighted by Gasteiger charge is -2.48. The van der Waals surface area contributed by atoms with E-state index in [1.165, 1.54) is 321 Å². The minimum atomic E-state index is -1.97. The number of amides is 1. The fraction of sp³-hybridized carbons (Fsp3) is 0.965. The molecule has 12 N–H and O–H groups in total. The molecule has 0 aliphatic carbocycles. The molecule has 17 atom stereocenters. The molecular formula is C86H165NO18. The van der Waals surface area contributed by atoms with Crippen LogP contribution in [0.4, 0.5) is 0 Å². The molecule has 0 bridgehead atoms. The van der Waals surface area contributed by atoms with Gasteiger partial charge in [-0.05, 0) is 38.5 Å². The number of unbranched alkanes of at least 4 members (excludes halogenated alkanes) is 55. The molecule has 105 heavy (non-hydrogen) atoms. The number of aliphatic hydroxyl groups is 11. The molecular weight excluding hydrogens is 1330 g/mol.